The third kappa shape index (κ3) is 4.27. The topological polar surface area (TPSA) is 88.6 Å². The fourth-order valence-electron chi connectivity index (χ4n) is 3.46. The van der Waals surface area contributed by atoms with Crippen LogP contribution >= 0.6 is 23.1 Å². The smallest absolute Gasteiger partial charge is 0.266 e. The number of hydrogen-bond donors (Lipinski definition) is 0. The van der Waals surface area contributed by atoms with Gasteiger partial charge in [0.25, 0.3) is 5.56 Å². The first kappa shape index (κ1) is 21.8. The lowest BCUT2D eigenvalue weighted by atomic mass is 10.2. The van der Waals surface area contributed by atoms with Gasteiger partial charge >= 0.3 is 0 Å². The molecule has 0 aliphatic carbocycles. The summed E-state index contributed by atoms with van der Waals surface area (Å²) in [4.78, 5) is 35.4. The molecule has 6 nitrogen and oxygen atoms in total. The number of rotatable bonds is 6. The fraction of sp³-hybridized carbons (Fsp3) is 0.0385. The Morgan fingerprint density at radius 3 is 2.47 bits per heavy atom. The zero-order valence-corrected chi connectivity index (χ0v) is 19.3. The van der Waals surface area contributed by atoms with E-state index in [1.807, 2.05) is 41.8 Å². The van der Waals surface area contributed by atoms with Crippen LogP contribution in [0.15, 0.2) is 94.2 Å². The van der Waals surface area contributed by atoms with Crippen molar-refractivity contribution in [2.24, 2.45) is 0 Å². The molecule has 34 heavy (non-hydrogen) atoms. The molecule has 0 saturated heterocycles. The number of nitrogens with zero attached hydrogens (tertiary/aromatic N) is 4. The first-order valence-corrected chi connectivity index (χ1v) is 12.2. The number of thioether (sulfide) groups is 1. The van der Waals surface area contributed by atoms with Crippen LogP contribution in [0.4, 0.5) is 0 Å². The highest BCUT2D eigenvalue weighted by Gasteiger charge is 2.17. The summed E-state index contributed by atoms with van der Waals surface area (Å²) in [6.45, 7) is 0. The van der Waals surface area contributed by atoms with E-state index >= 15 is 0 Å². The Morgan fingerprint density at radius 2 is 1.71 bits per heavy atom. The highest BCUT2D eigenvalue weighted by molar-refractivity contribution is 7.99. The van der Waals surface area contributed by atoms with E-state index in [0.29, 0.717) is 32.3 Å². The van der Waals surface area contributed by atoms with Crippen LogP contribution in [0.2, 0.25) is 0 Å². The molecule has 0 unspecified atom stereocenters. The number of aromatic nitrogens is 3. The molecule has 0 atom stereocenters. The van der Waals surface area contributed by atoms with E-state index < -0.39 is 0 Å². The van der Waals surface area contributed by atoms with Crippen molar-refractivity contribution in [3.8, 4) is 23.0 Å². The summed E-state index contributed by atoms with van der Waals surface area (Å²) in [7, 11) is 0. The third-order valence-corrected chi connectivity index (χ3v) is 6.97. The Labute approximate surface area is 203 Å². The van der Waals surface area contributed by atoms with Crippen LogP contribution in [0, 0.1) is 11.3 Å². The molecule has 0 aliphatic heterocycles. The number of ketones is 1. The van der Waals surface area contributed by atoms with E-state index in [1.165, 1.54) is 27.7 Å². The molecule has 3 aromatic carbocycles. The maximum absolute atomic E-state index is 13.3. The van der Waals surface area contributed by atoms with Crippen molar-refractivity contribution >= 4 is 39.8 Å². The van der Waals surface area contributed by atoms with Crippen molar-refractivity contribution in [2.45, 2.75) is 5.16 Å². The van der Waals surface area contributed by atoms with Crippen LogP contribution in [0.25, 0.3) is 27.8 Å². The van der Waals surface area contributed by atoms with Crippen LogP contribution in [-0.2, 0) is 0 Å². The molecular weight excluding hydrogens is 464 g/mol. The molecule has 0 fully saturated rings. The van der Waals surface area contributed by atoms with Crippen LogP contribution in [0.5, 0.6) is 0 Å². The highest BCUT2D eigenvalue weighted by atomic mass is 32.2. The van der Waals surface area contributed by atoms with Gasteiger partial charge in [0.15, 0.2) is 10.2 Å². The third-order valence-electron chi connectivity index (χ3n) is 5.14. The zero-order valence-electron chi connectivity index (χ0n) is 17.7. The first-order chi connectivity index (χ1) is 16.6. The van der Waals surface area contributed by atoms with E-state index in [9.17, 15) is 9.59 Å². The normalized spacial score (nSPS) is 10.8. The Kier molecular flexibility index (Phi) is 6.04. The number of carbonyl (C=O) groups is 1. The van der Waals surface area contributed by atoms with Gasteiger partial charge < -0.3 is 0 Å². The van der Waals surface area contributed by atoms with Crippen molar-refractivity contribution in [3.63, 3.8) is 0 Å². The van der Waals surface area contributed by atoms with Gasteiger partial charge in [0.05, 0.1) is 39.7 Å². The lowest BCUT2D eigenvalue weighted by Crippen LogP contribution is -2.22. The van der Waals surface area contributed by atoms with Gasteiger partial charge in [0.1, 0.15) is 0 Å². The minimum atomic E-state index is -0.231. The Morgan fingerprint density at radius 1 is 0.971 bits per heavy atom. The highest BCUT2D eigenvalue weighted by Crippen LogP contribution is 2.25. The van der Waals surface area contributed by atoms with Gasteiger partial charge in [0, 0.05) is 10.9 Å². The van der Waals surface area contributed by atoms with Gasteiger partial charge in [-0.2, -0.15) is 5.26 Å². The molecule has 0 aliphatic rings. The zero-order chi connectivity index (χ0) is 23.5. The van der Waals surface area contributed by atoms with Crippen molar-refractivity contribution < 1.29 is 4.79 Å². The quantitative estimate of drug-likeness (QED) is 0.185. The number of para-hydroxylation sites is 1. The lowest BCUT2D eigenvalue weighted by molar-refractivity contribution is 0.102. The van der Waals surface area contributed by atoms with Crippen LogP contribution in [-0.4, -0.2) is 26.1 Å². The average molecular weight is 481 g/mol. The maximum Gasteiger partial charge on any atom is 0.266 e. The van der Waals surface area contributed by atoms with Crippen molar-refractivity contribution in [1.82, 2.24) is 14.5 Å². The summed E-state index contributed by atoms with van der Waals surface area (Å²) in [6, 6.07) is 25.6. The first-order valence-electron chi connectivity index (χ1n) is 10.3. The van der Waals surface area contributed by atoms with Gasteiger partial charge in [-0.05, 0) is 36.4 Å². The Balaban J connectivity index is 1.47. The second-order valence-corrected chi connectivity index (χ2v) is 9.13. The predicted octanol–water partition coefficient (Wildman–Crippen LogP) is 5.36. The second-order valence-electron chi connectivity index (χ2n) is 7.33. The van der Waals surface area contributed by atoms with Crippen LogP contribution < -0.4 is 5.56 Å². The monoisotopic (exact) mass is 480 g/mol. The molecule has 5 rings (SSSR count). The summed E-state index contributed by atoms with van der Waals surface area (Å²) in [5.74, 6) is -0.0473. The fourth-order valence-corrected chi connectivity index (χ4v) is 5.19. The maximum atomic E-state index is 13.3. The largest absolute Gasteiger partial charge is 0.291 e. The van der Waals surface area contributed by atoms with Crippen LogP contribution in [0.3, 0.4) is 0 Å². The van der Waals surface area contributed by atoms with E-state index in [1.54, 1.807) is 42.5 Å². The second kappa shape index (κ2) is 9.43. The molecule has 8 heteroatoms. The molecule has 2 aromatic heterocycles. The summed E-state index contributed by atoms with van der Waals surface area (Å²) in [5, 5.41) is 12.3. The number of hydrogen-bond acceptors (Lipinski definition) is 7. The summed E-state index contributed by atoms with van der Waals surface area (Å²) < 4.78 is 1.48. The van der Waals surface area contributed by atoms with Gasteiger partial charge in [-0.1, -0.05) is 54.2 Å². The van der Waals surface area contributed by atoms with Crippen molar-refractivity contribution in [3.05, 3.63) is 105 Å². The van der Waals surface area contributed by atoms with Crippen molar-refractivity contribution in [2.75, 3.05) is 5.75 Å². The van der Waals surface area contributed by atoms with E-state index in [0.717, 1.165) is 11.3 Å². The molecule has 0 bridgehead atoms. The lowest BCUT2D eigenvalue weighted by Gasteiger charge is -2.13. The number of carbonyl (C=O) groups excluding carboxylic acids is 1. The molecule has 0 N–H and O–H groups in total. The molecule has 0 radical (unpaired) electrons. The number of thiazole rings is 1. The minimum Gasteiger partial charge on any atom is -0.291 e. The van der Waals surface area contributed by atoms with Crippen LogP contribution in [0.1, 0.15) is 15.4 Å². The molecule has 0 spiro atoms. The molecule has 5 aromatic rings. The Bertz CT molecular complexity index is 1600. The van der Waals surface area contributed by atoms with Gasteiger partial charge in [0.2, 0.25) is 5.78 Å². The SMILES string of the molecule is N#Cc1ccc(-n2c(SCC(=O)c3nc(-c4ccccc4)cs3)nc3ccccc3c2=O)cc1. The Hall–Kier alpha value is -4.06. The van der Waals surface area contributed by atoms with Gasteiger partial charge in [-0.15, -0.1) is 11.3 Å². The standard InChI is InChI=1S/C26H16N4O2S2/c27-14-17-10-12-19(13-11-17)30-25(32)20-8-4-5-9-21(20)29-26(30)34-16-23(31)24-28-22(15-33-24)18-6-2-1-3-7-18/h1-13,15H,16H2. The summed E-state index contributed by atoms with van der Waals surface area (Å²) in [5.41, 5.74) is 3.12. The van der Waals surface area contributed by atoms with Crippen molar-refractivity contribution in [1.29, 1.82) is 5.26 Å². The summed E-state index contributed by atoms with van der Waals surface area (Å²) >= 11 is 2.50. The number of fused-ring (bicyclic) bond motifs is 1. The molecule has 0 amide bonds. The number of Topliss-reactive ketones (excluding diaryl/α,β-unsaturated/α-hetero) is 1. The molecule has 164 valence electrons. The van der Waals surface area contributed by atoms with Gasteiger partial charge in [-0.3, -0.25) is 14.2 Å². The van der Waals surface area contributed by atoms with E-state index in [2.05, 4.69) is 16.0 Å². The predicted molar refractivity (Wildman–Crippen MR) is 135 cm³/mol. The molecule has 0 saturated carbocycles. The molecular formula is C26H16N4O2S2. The minimum absolute atomic E-state index is 0.0861. The van der Waals surface area contributed by atoms with E-state index in [-0.39, 0.29) is 17.1 Å². The number of nitriles is 1. The number of benzene rings is 3. The van der Waals surface area contributed by atoms with Gasteiger partial charge in [-0.25, -0.2) is 9.97 Å². The van der Waals surface area contributed by atoms with E-state index in [4.69, 9.17) is 5.26 Å². The summed E-state index contributed by atoms with van der Waals surface area (Å²) in [6.07, 6.45) is 0. The average Bonchev–Trinajstić information content (AvgIpc) is 3.39. The molecule has 2 heterocycles.